The predicted octanol–water partition coefficient (Wildman–Crippen LogP) is 2.57. The van der Waals surface area contributed by atoms with Crippen LogP contribution in [-0.4, -0.2) is 12.3 Å². The van der Waals surface area contributed by atoms with Gasteiger partial charge in [0.25, 0.3) is 0 Å². The van der Waals surface area contributed by atoms with E-state index in [9.17, 15) is 0 Å². The molecule has 0 radical (unpaired) electrons. The fourth-order valence-corrected chi connectivity index (χ4v) is 3.54. The Kier molecular flexibility index (Phi) is 1.92. The lowest BCUT2D eigenvalue weighted by Gasteiger charge is -1.89. The molecule has 0 unspecified atom stereocenters. The molecule has 6 heavy (non-hydrogen) atoms. The van der Waals surface area contributed by atoms with Crippen LogP contribution in [-0.2, 0) is 0 Å². The molecule has 0 amide bonds. The average molecular weight is 167 g/mol. The van der Waals surface area contributed by atoms with Crippen LogP contribution >= 0.6 is 22.1 Å². The van der Waals surface area contributed by atoms with E-state index in [0.29, 0.717) is 6.62 Å². The monoisotopic (exact) mass is 166 g/mol. The molecule has 1 aliphatic rings. The van der Waals surface area contributed by atoms with Crippen LogP contribution in [0.3, 0.4) is 0 Å². The summed E-state index contributed by atoms with van der Waals surface area (Å²) in [6, 6.07) is 0. The lowest BCUT2D eigenvalue weighted by Crippen LogP contribution is -1.58. The molecule has 0 N–H and O–H groups in total. The van der Waals surface area contributed by atoms with Gasteiger partial charge in [0.15, 0.2) is 0 Å². The van der Waals surface area contributed by atoms with Gasteiger partial charge in [-0.1, -0.05) is 15.5 Å². The van der Waals surface area contributed by atoms with E-state index in [0.717, 1.165) is 0 Å². The molecule has 1 saturated heterocycles. The maximum Gasteiger partial charge on any atom is -0.0227 e. The molecular formula is C4H8BrP. The smallest absolute Gasteiger partial charge is 0.0227 e. The van der Waals surface area contributed by atoms with E-state index in [-0.39, 0.29) is 0 Å². The molecule has 1 heterocycles. The van der Waals surface area contributed by atoms with E-state index in [2.05, 4.69) is 15.5 Å². The number of hydrogen-bond acceptors (Lipinski definition) is 0. The molecule has 1 fully saturated rings. The van der Waals surface area contributed by atoms with Gasteiger partial charge in [-0.25, -0.2) is 0 Å². The normalized spacial score (nSPS) is 25.5. The summed E-state index contributed by atoms with van der Waals surface area (Å²) < 4.78 is 0. The highest BCUT2D eigenvalue weighted by molar-refractivity contribution is 9.39. The van der Waals surface area contributed by atoms with Gasteiger partial charge in [0.2, 0.25) is 0 Å². The quantitative estimate of drug-likeness (QED) is 0.486. The Morgan fingerprint density at radius 2 is 1.67 bits per heavy atom. The molecule has 0 aliphatic carbocycles. The Balaban J connectivity index is 2.18. The van der Waals surface area contributed by atoms with Crippen molar-refractivity contribution in [3.8, 4) is 0 Å². The second-order valence-corrected chi connectivity index (χ2v) is 6.45. The maximum absolute atomic E-state index is 3.60. The van der Waals surface area contributed by atoms with Crippen LogP contribution < -0.4 is 0 Å². The van der Waals surface area contributed by atoms with E-state index in [4.69, 9.17) is 0 Å². The molecule has 0 nitrogen and oxygen atoms in total. The molecule has 1 rings (SSSR count). The molecule has 0 spiro atoms. The van der Waals surface area contributed by atoms with E-state index in [1.54, 1.807) is 0 Å². The van der Waals surface area contributed by atoms with Crippen molar-refractivity contribution in [1.82, 2.24) is 0 Å². The highest BCUT2D eigenvalue weighted by atomic mass is 79.9. The Bertz CT molecular complexity index is 40.8. The van der Waals surface area contributed by atoms with E-state index >= 15 is 0 Å². The molecule has 0 bridgehead atoms. The van der Waals surface area contributed by atoms with Crippen LogP contribution in [0.4, 0.5) is 0 Å². The standard InChI is InChI=1S/C4H8BrP/c5-6-3-1-2-4-6/h1-4H2. The van der Waals surface area contributed by atoms with Gasteiger partial charge in [0.1, 0.15) is 0 Å². The first-order valence-electron chi connectivity index (χ1n) is 2.30. The fourth-order valence-electron chi connectivity index (χ4n) is 0.679. The third-order valence-electron chi connectivity index (χ3n) is 1.05. The van der Waals surface area contributed by atoms with E-state index < -0.39 is 0 Å². The summed E-state index contributed by atoms with van der Waals surface area (Å²) in [5, 5.41) is 0. The Labute approximate surface area is 47.8 Å². The number of rotatable bonds is 0. The maximum atomic E-state index is 3.60. The molecule has 0 atom stereocenters. The van der Waals surface area contributed by atoms with Crippen molar-refractivity contribution >= 4 is 22.1 Å². The first-order chi connectivity index (χ1) is 2.89. The summed E-state index contributed by atoms with van der Waals surface area (Å²) in [5.74, 6) is 0. The highest BCUT2D eigenvalue weighted by Crippen LogP contribution is 2.49. The predicted molar refractivity (Wildman–Crippen MR) is 34.8 cm³/mol. The van der Waals surface area contributed by atoms with E-state index in [1.807, 2.05) is 0 Å². The zero-order chi connectivity index (χ0) is 4.41. The topological polar surface area (TPSA) is 0 Å². The summed E-state index contributed by atoms with van der Waals surface area (Å²) in [7, 11) is 0. The summed E-state index contributed by atoms with van der Waals surface area (Å²) in [6.45, 7) is 0.347. The minimum atomic E-state index is 0.347. The summed E-state index contributed by atoms with van der Waals surface area (Å²) in [5.41, 5.74) is 0. The fraction of sp³-hybridized carbons (Fsp3) is 1.00. The van der Waals surface area contributed by atoms with Crippen LogP contribution in [0.15, 0.2) is 0 Å². The Hall–Kier alpha value is 0.910. The summed E-state index contributed by atoms with van der Waals surface area (Å²) in [6.07, 6.45) is 5.87. The van der Waals surface area contributed by atoms with Crippen molar-refractivity contribution in [2.45, 2.75) is 12.8 Å². The molecule has 1 aliphatic heterocycles. The van der Waals surface area contributed by atoms with Gasteiger partial charge in [0.05, 0.1) is 0 Å². The van der Waals surface area contributed by atoms with Gasteiger partial charge in [-0.2, -0.15) is 0 Å². The van der Waals surface area contributed by atoms with Gasteiger partial charge >= 0.3 is 0 Å². The van der Waals surface area contributed by atoms with Crippen LogP contribution in [0.5, 0.6) is 0 Å². The molecule has 0 aromatic rings. The van der Waals surface area contributed by atoms with Crippen LogP contribution in [0, 0.1) is 0 Å². The van der Waals surface area contributed by atoms with E-state index in [1.165, 1.54) is 25.2 Å². The minimum Gasteiger partial charge on any atom is -0.0605 e. The van der Waals surface area contributed by atoms with Gasteiger partial charge in [-0.05, 0) is 31.8 Å². The van der Waals surface area contributed by atoms with Gasteiger partial charge in [-0.3, -0.25) is 0 Å². The highest BCUT2D eigenvalue weighted by Gasteiger charge is 2.08. The first-order valence-corrected chi connectivity index (χ1v) is 6.03. The Morgan fingerprint density at radius 3 is 1.83 bits per heavy atom. The largest absolute Gasteiger partial charge is 0.0605 e. The van der Waals surface area contributed by atoms with Gasteiger partial charge in [-0.15, -0.1) is 0 Å². The first kappa shape index (κ1) is 5.05. The lowest BCUT2D eigenvalue weighted by molar-refractivity contribution is 0.949. The SMILES string of the molecule is BrP1CCCC1. The van der Waals surface area contributed by atoms with Crippen molar-refractivity contribution in [3.05, 3.63) is 0 Å². The Morgan fingerprint density at radius 1 is 1.17 bits per heavy atom. The molecule has 0 aromatic carbocycles. The van der Waals surface area contributed by atoms with Gasteiger partial charge in [0, 0.05) is 0 Å². The van der Waals surface area contributed by atoms with Crippen molar-refractivity contribution in [3.63, 3.8) is 0 Å². The lowest BCUT2D eigenvalue weighted by atomic mass is 10.4. The third kappa shape index (κ3) is 1.20. The zero-order valence-corrected chi connectivity index (χ0v) is 6.13. The van der Waals surface area contributed by atoms with Crippen LogP contribution in [0.25, 0.3) is 0 Å². The minimum absolute atomic E-state index is 0.347. The molecule has 2 heteroatoms. The molecule has 36 valence electrons. The number of hydrogen-bond donors (Lipinski definition) is 0. The zero-order valence-electron chi connectivity index (χ0n) is 3.65. The molecule has 0 saturated carbocycles. The summed E-state index contributed by atoms with van der Waals surface area (Å²) >= 11 is 3.60. The number of halogens is 1. The summed E-state index contributed by atoms with van der Waals surface area (Å²) in [4.78, 5) is 0. The van der Waals surface area contributed by atoms with Gasteiger partial charge < -0.3 is 0 Å². The molecular weight excluding hydrogens is 159 g/mol. The second kappa shape index (κ2) is 2.28. The van der Waals surface area contributed by atoms with Crippen molar-refractivity contribution in [2.75, 3.05) is 12.3 Å². The molecule has 0 aromatic heterocycles. The second-order valence-electron chi connectivity index (χ2n) is 1.62. The van der Waals surface area contributed by atoms with Crippen molar-refractivity contribution in [2.24, 2.45) is 0 Å². The van der Waals surface area contributed by atoms with Crippen molar-refractivity contribution < 1.29 is 0 Å². The van der Waals surface area contributed by atoms with Crippen LogP contribution in [0.2, 0.25) is 0 Å². The average Bonchev–Trinajstić information content (AvgIpc) is 1.86. The van der Waals surface area contributed by atoms with Crippen LogP contribution in [0.1, 0.15) is 12.8 Å². The van der Waals surface area contributed by atoms with Crippen molar-refractivity contribution in [1.29, 1.82) is 0 Å². The third-order valence-corrected chi connectivity index (χ3v) is 4.78.